The number of aromatic nitrogens is 1. The van der Waals surface area contributed by atoms with Crippen molar-refractivity contribution in [2.24, 2.45) is 0 Å². The zero-order valence-corrected chi connectivity index (χ0v) is 15.0. The minimum Gasteiger partial charge on any atom is -0.455 e. The molecule has 0 N–H and O–H groups in total. The molecule has 28 heavy (non-hydrogen) atoms. The van der Waals surface area contributed by atoms with Crippen molar-refractivity contribution in [1.82, 2.24) is 4.57 Å². The molecule has 0 spiro atoms. The highest BCUT2D eigenvalue weighted by Crippen LogP contribution is 2.44. The number of nitrogens with zero attached hydrogens (tertiary/aromatic N) is 1. The van der Waals surface area contributed by atoms with Crippen molar-refractivity contribution in [1.29, 1.82) is 0 Å². The number of para-hydroxylation sites is 2. The average molecular weight is 357 g/mol. The number of benzene rings is 5. The van der Waals surface area contributed by atoms with E-state index in [-0.39, 0.29) is 0 Å². The molecular weight excluding hydrogens is 342 g/mol. The summed E-state index contributed by atoms with van der Waals surface area (Å²) in [6.07, 6.45) is 0. The third kappa shape index (κ3) is 1.64. The van der Waals surface area contributed by atoms with Crippen LogP contribution in [0.15, 0.2) is 95.4 Å². The van der Waals surface area contributed by atoms with Crippen molar-refractivity contribution in [2.45, 2.75) is 0 Å². The predicted molar refractivity (Wildman–Crippen MR) is 117 cm³/mol. The van der Waals surface area contributed by atoms with E-state index in [0.29, 0.717) is 0 Å². The molecule has 0 unspecified atom stereocenters. The largest absolute Gasteiger partial charge is 0.455 e. The van der Waals surface area contributed by atoms with E-state index in [0.717, 1.165) is 11.2 Å². The van der Waals surface area contributed by atoms with Gasteiger partial charge < -0.3 is 8.98 Å². The summed E-state index contributed by atoms with van der Waals surface area (Å²) in [6.45, 7) is 0. The van der Waals surface area contributed by atoms with Gasteiger partial charge in [-0.15, -0.1) is 0 Å². The van der Waals surface area contributed by atoms with E-state index < -0.39 is 0 Å². The van der Waals surface area contributed by atoms with Crippen LogP contribution in [0.2, 0.25) is 0 Å². The highest BCUT2D eigenvalue weighted by atomic mass is 16.3. The molecule has 0 radical (unpaired) electrons. The Morgan fingerprint density at radius 3 is 2.36 bits per heavy atom. The summed E-state index contributed by atoms with van der Waals surface area (Å²) in [6, 6.07) is 32.2. The van der Waals surface area contributed by atoms with Crippen molar-refractivity contribution in [3.05, 3.63) is 91.0 Å². The lowest BCUT2D eigenvalue weighted by molar-refractivity contribution is 0.673. The van der Waals surface area contributed by atoms with Gasteiger partial charge in [0.25, 0.3) is 0 Å². The van der Waals surface area contributed by atoms with Gasteiger partial charge in [-0.05, 0) is 41.8 Å². The summed E-state index contributed by atoms with van der Waals surface area (Å²) < 4.78 is 8.70. The molecule has 0 aliphatic heterocycles. The number of furan rings is 1. The molecule has 2 aromatic heterocycles. The first-order valence-corrected chi connectivity index (χ1v) is 9.55. The summed E-state index contributed by atoms with van der Waals surface area (Å²) in [5.74, 6) is 0. The number of rotatable bonds is 1. The fraction of sp³-hybridized carbons (Fsp3) is 0. The van der Waals surface area contributed by atoms with Crippen LogP contribution >= 0.6 is 0 Å². The van der Waals surface area contributed by atoms with E-state index >= 15 is 0 Å². The van der Waals surface area contributed by atoms with Crippen molar-refractivity contribution in [3.63, 3.8) is 0 Å². The first-order valence-electron chi connectivity index (χ1n) is 9.55. The molecule has 0 atom stereocenters. The van der Waals surface area contributed by atoms with Crippen LogP contribution < -0.4 is 0 Å². The molecule has 7 rings (SSSR count). The summed E-state index contributed by atoms with van der Waals surface area (Å²) in [5, 5.41) is 7.37. The van der Waals surface area contributed by atoms with Gasteiger partial charge >= 0.3 is 0 Å². The lowest BCUT2D eigenvalue weighted by atomic mass is 10.00. The topological polar surface area (TPSA) is 18.1 Å². The smallest absolute Gasteiger partial charge is 0.143 e. The Balaban J connectivity index is 1.83. The van der Waals surface area contributed by atoms with Crippen LogP contribution in [-0.2, 0) is 0 Å². The Hall–Kier alpha value is -3.78. The molecular formula is C26H15NO. The summed E-state index contributed by atoms with van der Waals surface area (Å²) >= 11 is 0. The van der Waals surface area contributed by atoms with Gasteiger partial charge in [0.1, 0.15) is 11.2 Å². The van der Waals surface area contributed by atoms with E-state index in [1.807, 2.05) is 12.1 Å². The van der Waals surface area contributed by atoms with Crippen LogP contribution in [-0.4, -0.2) is 4.57 Å². The molecule has 130 valence electrons. The van der Waals surface area contributed by atoms with E-state index in [9.17, 15) is 0 Å². The van der Waals surface area contributed by atoms with Gasteiger partial charge in [0.15, 0.2) is 0 Å². The zero-order chi connectivity index (χ0) is 18.2. The van der Waals surface area contributed by atoms with Gasteiger partial charge in [0, 0.05) is 32.6 Å². The van der Waals surface area contributed by atoms with Gasteiger partial charge in [-0.1, -0.05) is 54.6 Å². The summed E-state index contributed by atoms with van der Waals surface area (Å²) in [7, 11) is 0. The Kier molecular flexibility index (Phi) is 2.52. The highest BCUT2D eigenvalue weighted by molar-refractivity contribution is 6.31. The molecule has 2 heteroatoms. The van der Waals surface area contributed by atoms with Gasteiger partial charge in [-0.3, -0.25) is 0 Å². The molecule has 0 saturated carbocycles. The van der Waals surface area contributed by atoms with E-state index in [4.69, 9.17) is 4.42 Å². The standard InChI is InChI=1S/C26H15NO/c1-2-8-17(9-3-1)27-21-11-6-7-16-13-14-19-25(24(16)21)22(27)15-20-18-10-4-5-12-23(18)28-26(19)20/h1-15H. The second-order valence-electron chi connectivity index (χ2n) is 7.40. The maximum Gasteiger partial charge on any atom is 0.143 e. The molecule has 2 nitrogen and oxygen atoms in total. The average Bonchev–Trinajstić information content (AvgIpc) is 3.29. The lowest BCUT2D eigenvalue weighted by Gasteiger charge is -2.07. The molecule has 0 saturated heterocycles. The Labute approximate surface area is 160 Å². The Morgan fingerprint density at radius 2 is 1.43 bits per heavy atom. The van der Waals surface area contributed by atoms with Crippen LogP contribution in [0, 0.1) is 0 Å². The van der Waals surface area contributed by atoms with Crippen LogP contribution in [0.25, 0.3) is 60.2 Å². The lowest BCUT2D eigenvalue weighted by Crippen LogP contribution is -1.92. The normalized spacial score (nSPS) is 12.3. The molecule has 0 aliphatic carbocycles. The van der Waals surface area contributed by atoms with E-state index in [2.05, 4.69) is 83.4 Å². The van der Waals surface area contributed by atoms with Crippen molar-refractivity contribution in [3.8, 4) is 5.69 Å². The quantitative estimate of drug-likeness (QED) is 0.282. The number of hydrogen-bond donors (Lipinski definition) is 0. The van der Waals surface area contributed by atoms with Crippen LogP contribution in [0.3, 0.4) is 0 Å². The Morgan fingerprint density at radius 1 is 0.571 bits per heavy atom. The van der Waals surface area contributed by atoms with Gasteiger partial charge in [0.2, 0.25) is 0 Å². The molecule has 0 aliphatic rings. The monoisotopic (exact) mass is 357 g/mol. The van der Waals surface area contributed by atoms with Crippen molar-refractivity contribution in [2.75, 3.05) is 0 Å². The number of fused-ring (bicyclic) bond motifs is 4. The zero-order valence-electron chi connectivity index (χ0n) is 15.0. The third-order valence-corrected chi connectivity index (χ3v) is 5.94. The first-order chi connectivity index (χ1) is 13.9. The molecule has 0 fully saturated rings. The molecule has 7 aromatic rings. The molecule has 0 bridgehead atoms. The second-order valence-corrected chi connectivity index (χ2v) is 7.40. The van der Waals surface area contributed by atoms with Gasteiger partial charge in [0.05, 0.1) is 11.0 Å². The SMILES string of the molecule is c1ccc(-n2c3cccc4ccc5c6oc7ccccc7c6cc2c5c43)cc1. The van der Waals surface area contributed by atoms with E-state index in [1.165, 1.54) is 49.0 Å². The first kappa shape index (κ1) is 14.3. The maximum absolute atomic E-state index is 6.32. The van der Waals surface area contributed by atoms with Crippen LogP contribution in [0.1, 0.15) is 0 Å². The van der Waals surface area contributed by atoms with Crippen LogP contribution in [0.4, 0.5) is 0 Å². The fourth-order valence-corrected chi connectivity index (χ4v) is 4.78. The number of hydrogen-bond acceptors (Lipinski definition) is 1. The highest BCUT2D eigenvalue weighted by Gasteiger charge is 2.20. The molecule has 2 heterocycles. The van der Waals surface area contributed by atoms with Gasteiger partial charge in [-0.2, -0.15) is 0 Å². The molecule has 5 aromatic carbocycles. The fourth-order valence-electron chi connectivity index (χ4n) is 4.78. The van der Waals surface area contributed by atoms with E-state index in [1.54, 1.807) is 0 Å². The third-order valence-electron chi connectivity index (χ3n) is 5.94. The van der Waals surface area contributed by atoms with Crippen molar-refractivity contribution < 1.29 is 4.42 Å². The van der Waals surface area contributed by atoms with Crippen LogP contribution in [0.5, 0.6) is 0 Å². The van der Waals surface area contributed by atoms with Crippen molar-refractivity contribution >= 4 is 54.5 Å². The minimum atomic E-state index is 0.941. The predicted octanol–water partition coefficient (Wildman–Crippen LogP) is 7.27. The second kappa shape index (κ2) is 4.93. The van der Waals surface area contributed by atoms with Gasteiger partial charge in [-0.25, -0.2) is 0 Å². The molecule has 0 amide bonds. The Bertz CT molecular complexity index is 1650. The summed E-state index contributed by atoms with van der Waals surface area (Å²) in [5.41, 5.74) is 5.57. The maximum atomic E-state index is 6.32. The summed E-state index contributed by atoms with van der Waals surface area (Å²) in [4.78, 5) is 0. The minimum absolute atomic E-state index is 0.941.